The van der Waals surface area contributed by atoms with Crippen molar-refractivity contribution in [3.05, 3.63) is 0 Å². The van der Waals surface area contributed by atoms with Crippen LogP contribution in [0.2, 0.25) is 0 Å². The van der Waals surface area contributed by atoms with Crippen molar-refractivity contribution in [2.45, 2.75) is 43.9 Å². The van der Waals surface area contributed by atoms with Crippen LogP contribution in [-0.2, 0) is 4.79 Å². The van der Waals surface area contributed by atoms with Gasteiger partial charge in [-0.05, 0) is 25.8 Å². The topological polar surface area (TPSA) is 32.3 Å². The first-order valence-electron chi connectivity index (χ1n) is 6.42. The van der Waals surface area contributed by atoms with E-state index >= 15 is 0 Å². The molecule has 16 heavy (non-hydrogen) atoms. The highest BCUT2D eigenvalue weighted by atomic mass is 32.2. The second-order valence-corrected chi connectivity index (χ2v) is 6.15. The minimum absolute atomic E-state index is 0.359. The molecule has 2 aliphatic rings. The number of nitrogens with one attached hydrogen (secondary N) is 1. The molecule has 4 heteroatoms. The van der Waals surface area contributed by atoms with Crippen LogP contribution in [0.1, 0.15) is 32.6 Å². The number of rotatable bonds is 3. The standard InChI is InChI=1S/C12H22N2OS/c1-2-11-9-14(6-7-16-11)12(15)8-10-4-3-5-13-10/h10-11,13H,2-9H2,1H3. The van der Waals surface area contributed by atoms with Crippen LogP contribution in [0, 0.1) is 0 Å². The number of carbonyl (C=O) groups excluding carboxylic acids is 1. The van der Waals surface area contributed by atoms with Gasteiger partial charge in [-0.1, -0.05) is 6.92 Å². The van der Waals surface area contributed by atoms with E-state index < -0.39 is 0 Å². The molecule has 92 valence electrons. The number of hydrogen-bond acceptors (Lipinski definition) is 3. The van der Waals surface area contributed by atoms with Gasteiger partial charge >= 0.3 is 0 Å². The van der Waals surface area contributed by atoms with E-state index in [2.05, 4.69) is 17.1 Å². The van der Waals surface area contributed by atoms with Gasteiger partial charge in [-0.25, -0.2) is 0 Å². The Labute approximate surface area is 102 Å². The summed E-state index contributed by atoms with van der Waals surface area (Å²) in [5.41, 5.74) is 0. The Kier molecular flexibility index (Phi) is 4.53. The normalized spacial score (nSPS) is 30.7. The van der Waals surface area contributed by atoms with Gasteiger partial charge in [0.15, 0.2) is 0 Å². The zero-order valence-corrected chi connectivity index (χ0v) is 10.9. The molecule has 1 amide bonds. The molecule has 2 saturated heterocycles. The fraction of sp³-hybridized carbons (Fsp3) is 0.917. The van der Waals surface area contributed by atoms with Gasteiger partial charge in [0.1, 0.15) is 0 Å². The lowest BCUT2D eigenvalue weighted by molar-refractivity contribution is -0.131. The second kappa shape index (κ2) is 5.92. The van der Waals surface area contributed by atoms with Crippen LogP contribution in [0.15, 0.2) is 0 Å². The molecule has 0 bridgehead atoms. The third-order valence-electron chi connectivity index (χ3n) is 3.53. The van der Waals surface area contributed by atoms with Crippen molar-refractivity contribution in [3.8, 4) is 0 Å². The maximum absolute atomic E-state index is 12.1. The predicted octanol–water partition coefficient (Wildman–Crippen LogP) is 1.48. The third-order valence-corrected chi connectivity index (χ3v) is 4.90. The lowest BCUT2D eigenvalue weighted by Gasteiger charge is -2.32. The number of amides is 1. The highest BCUT2D eigenvalue weighted by Crippen LogP contribution is 2.22. The number of carbonyl (C=O) groups is 1. The minimum Gasteiger partial charge on any atom is -0.341 e. The third kappa shape index (κ3) is 3.14. The molecule has 0 spiro atoms. The first-order chi connectivity index (χ1) is 7.79. The molecule has 2 rings (SSSR count). The lowest BCUT2D eigenvalue weighted by Crippen LogP contribution is -2.43. The fourth-order valence-electron chi connectivity index (χ4n) is 2.46. The van der Waals surface area contributed by atoms with Gasteiger partial charge < -0.3 is 10.2 Å². The van der Waals surface area contributed by atoms with Crippen LogP contribution in [0.4, 0.5) is 0 Å². The summed E-state index contributed by atoms with van der Waals surface area (Å²) in [6, 6.07) is 0.446. The Morgan fingerprint density at radius 3 is 3.12 bits per heavy atom. The molecule has 2 fully saturated rings. The molecule has 3 nitrogen and oxygen atoms in total. The zero-order valence-electron chi connectivity index (χ0n) is 10.1. The average molecular weight is 242 g/mol. The predicted molar refractivity (Wildman–Crippen MR) is 68.8 cm³/mol. The van der Waals surface area contributed by atoms with Gasteiger partial charge in [0.05, 0.1) is 0 Å². The molecule has 0 aromatic heterocycles. The van der Waals surface area contributed by atoms with Gasteiger partial charge in [0.25, 0.3) is 0 Å². The Bertz CT molecular complexity index is 241. The summed E-state index contributed by atoms with van der Waals surface area (Å²) in [5.74, 6) is 1.47. The summed E-state index contributed by atoms with van der Waals surface area (Å²) in [7, 11) is 0. The van der Waals surface area contributed by atoms with E-state index in [9.17, 15) is 4.79 Å². The van der Waals surface area contributed by atoms with Crippen molar-refractivity contribution in [1.82, 2.24) is 10.2 Å². The minimum atomic E-state index is 0.359. The molecule has 2 aliphatic heterocycles. The molecule has 1 N–H and O–H groups in total. The molecule has 2 atom stereocenters. The molecule has 2 heterocycles. The highest BCUT2D eigenvalue weighted by Gasteiger charge is 2.25. The molecule has 0 radical (unpaired) electrons. The lowest BCUT2D eigenvalue weighted by atomic mass is 10.1. The van der Waals surface area contributed by atoms with Crippen LogP contribution in [0.3, 0.4) is 0 Å². The van der Waals surface area contributed by atoms with Crippen LogP contribution >= 0.6 is 11.8 Å². The van der Waals surface area contributed by atoms with Crippen LogP contribution in [0.25, 0.3) is 0 Å². The van der Waals surface area contributed by atoms with Crippen LogP contribution < -0.4 is 5.32 Å². The van der Waals surface area contributed by atoms with Gasteiger partial charge in [0.2, 0.25) is 5.91 Å². The molecule has 0 aromatic rings. The van der Waals surface area contributed by atoms with Crippen molar-refractivity contribution < 1.29 is 4.79 Å². The molecule has 2 unspecified atom stereocenters. The van der Waals surface area contributed by atoms with E-state index in [0.29, 0.717) is 23.6 Å². The summed E-state index contributed by atoms with van der Waals surface area (Å²) >= 11 is 2.02. The van der Waals surface area contributed by atoms with Crippen molar-refractivity contribution in [3.63, 3.8) is 0 Å². The molecule has 0 saturated carbocycles. The van der Waals surface area contributed by atoms with Crippen molar-refractivity contribution in [2.75, 3.05) is 25.4 Å². The Balaban J connectivity index is 1.79. The molecular formula is C12H22N2OS. The summed E-state index contributed by atoms with van der Waals surface area (Å²) in [4.78, 5) is 14.2. The molecule has 0 aromatic carbocycles. The van der Waals surface area contributed by atoms with E-state index in [0.717, 1.165) is 25.4 Å². The van der Waals surface area contributed by atoms with Crippen LogP contribution in [0.5, 0.6) is 0 Å². The van der Waals surface area contributed by atoms with Crippen molar-refractivity contribution in [1.29, 1.82) is 0 Å². The van der Waals surface area contributed by atoms with E-state index in [1.807, 2.05) is 11.8 Å². The zero-order chi connectivity index (χ0) is 11.4. The quantitative estimate of drug-likeness (QED) is 0.813. The summed E-state index contributed by atoms with van der Waals surface area (Å²) in [5, 5.41) is 4.06. The summed E-state index contributed by atoms with van der Waals surface area (Å²) < 4.78 is 0. The Morgan fingerprint density at radius 2 is 2.44 bits per heavy atom. The van der Waals surface area contributed by atoms with Crippen molar-refractivity contribution in [2.24, 2.45) is 0 Å². The van der Waals surface area contributed by atoms with Gasteiger partial charge in [0, 0.05) is 36.6 Å². The van der Waals surface area contributed by atoms with Gasteiger partial charge in [-0.2, -0.15) is 11.8 Å². The smallest absolute Gasteiger partial charge is 0.224 e. The molecular weight excluding hydrogens is 220 g/mol. The summed E-state index contributed by atoms with van der Waals surface area (Å²) in [6.07, 6.45) is 4.29. The van der Waals surface area contributed by atoms with Gasteiger partial charge in [-0.3, -0.25) is 4.79 Å². The first-order valence-corrected chi connectivity index (χ1v) is 7.47. The maximum Gasteiger partial charge on any atom is 0.224 e. The average Bonchev–Trinajstić information content (AvgIpc) is 2.82. The Hall–Kier alpha value is -0.220. The number of hydrogen-bond donors (Lipinski definition) is 1. The van der Waals surface area contributed by atoms with E-state index in [-0.39, 0.29) is 0 Å². The van der Waals surface area contributed by atoms with Crippen molar-refractivity contribution >= 4 is 17.7 Å². The fourth-order valence-corrected chi connectivity index (χ4v) is 3.64. The summed E-state index contributed by atoms with van der Waals surface area (Å²) in [6.45, 7) is 5.22. The SMILES string of the molecule is CCC1CN(C(=O)CC2CCCN2)CCS1. The highest BCUT2D eigenvalue weighted by molar-refractivity contribution is 8.00. The van der Waals surface area contributed by atoms with E-state index in [1.165, 1.54) is 19.3 Å². The van der Waals surface area contributed by atoms with E-state index in [1.54, 1.807) is 0 Å². The Morgan fingerprint density at radius 1 is 1.56 bits per heavy atom. The first kappa shape index (κ1) is 12.2. The van der Waals surface area contributed by atoms with Gasteiger partial charge in [-0.15, -0.1) is 0 Å². The number of nitrogens with zero attached hydrogens (tertiary/aromatic N) is 1. The molecule has 0 aliphatic carbocycles. The second-order valence-electron chi connectivity index (χ2n) is 4.74. The number of thioether (sulfide) groups is 1. The monoisotopic (exact) mass is 242 g/mol. The largest absolute Gasteiger partial charge is 0.341 e. The van der Waals surface area contributed by atoms with E-state index in [4.69, 9.17) is 0 Å². The van der Waals surface area contributed by atoms with Crippen LogP contribution in [-0.4, -0.2) is 47.5 Å². The maximum atomic E-state index is 12.1.